The number of piperidine rings is 1. The van der Waals surface area contributed by atoms with Crippen molar-refractivity contribution in [3.63, 3.8) is 0 Å². The highest BCUT2D eigenvalue weighted by Gasteiger charge is 2.20. The molecule has 1 saturated heterocycles. The molecule has 1 unspecified atom stereocenters. The predicted molar refractivity (Wildman–Crippen MR) is 87.3 cm³/mol. The second-order valence-corrected chi connectivity index (χ2v) is 6.11. The molecule has 0 saturated carbocycles. The summed E-state index contributed by atoms with van der Waals surface area (Å²) in [6.45, 7) is 6.38. The van der Waals surface area contributed by atoms with Crippen LogP contribution in [0.4, 0.5) is 5.82 Å². The minimum absolute atomic E-state index is 0.210. The molecule has 0 spiro atoms. The molecule has 0 radical (unpaired) electrons. The van der Waals surface area contributed by atoms with Crippen molar-refractivity contribution in [2.45, 2.75) is 33.2 Å². The lowest BCUT2D eigenvalue weighted by atomic mass is 10.0. The quantitative estimate of drug-likeness (QED) is 0.939. The molecule has 2 aromatic rings. The fraction of sp³-hybridized carbons (Fsp3) is 0.471. The summed E-state index contributed by atoms with van der Waals surface area (Å²) in [5.74, 6) is 2.61. The smallest absolute Gasteiger partial charge is 0.270 e. The number of furan rings is 1. The third-order valence-electron chi connectivity index (χ3n) is 4.04. The van der Waals surface area contributed by atoms with Crippen LogP contribution in [-0.2, 0) is 6.54 Å². The van der Waals surface area contributed by atoms with E-state index in [-0.39, 0.29) is 5.91 Å². The van der Waals surface area contributed by atoms with E-state index in [2.05, 4.69) is 27.1 Å². The summed E-state index contributed by atoms with van der Waals surface area (Å²) < 4.78 is 5.22. The molecule has 1 fully saturated rings. The Bertz CT molecular complexity index is 669. The summed E-state index contributed by atoms with van der Waals surface area (Å²) in [4.78, 5) is 23.3. The average Bonchev–Trinajstić information content (AvgIpc) is 3.05. The minimum Gasteiger partial charge on any atom is -0.467 e. The Labute approximate surface area is 135 Å². The van der Waals surface area contributed by atoms with E-state index < -0.39 is 0 Å². The van der Waals surface area contributed by atoms with Gasteiger partial charge in [-0.05, 0) is 37.8 Å². The van der Waals surface area contributed by atoms with Gasteiger partial charge in [-0.25, -0.2) is 9.97 Å². The maximum atomic E-state index is 12.3. The van der Waals surface area contributed by atoms with Gasteiger partial charge in [0.05, 0.1) is 12.8 Å². The van der Waals surface area contributed by atoms with Gasteiger partial charge in [0.25, 0.3) is 5.91 Å². The van der Waals surface area contributed by atoms with E-state index in [9.17, 15) is 4.79 Å². The highest BCUT2D eigenvalue weighted by molar-refractivity contribution is 5.92. The lowest BCUT2D eigenvalue weighted by molar-refractivity contribution is 0.0942. The monoisotopic (exact) mass is 314 g/mol. The second kappa shape index (κ2) is 6.81. The van der Waals surface area contributed by atoms with Crippen molar-refractivity contribution in [3.8, 4) is 0 Å². The van der Waals surface area contributed by atoms with Gasteiger partial charge in [-0.1, -0.05) is 6.92 Å². The summed E-state index contributed by atoms with van der Waals surface area (Å²) in [7, 11) is 0. The van der Waals surface area contributed by atoms with Crippen LogP contribution in [0.15, 0.2) is 28.9 Å². The number of aryl methyl sites for hydroxylation is 1. The largest absolute Gasteiger partial charge is 0.467 e. The highest BCUT2D eigenvalue weighted by atomic mass is 16.3. The Balaban J connectivity index is 1.72. The Kier molecular flexibility index (Phi) is 4.60. The molecular weight excluding hydrogens is 292 g/mol. The van der Waals surface area contributed by atoms with Crippen LogP contribution in [0.1, 0.15) is 41.8 Å². The number of aromatic nitrogens is 2. The second-order valence-electron chi connectivity index (χ2n) is 6.11. The van der Waals surface area contributed by atoms with E-state index in [1.807, 2.05) is 13.0 Å². The van der Waals surface area contributed by atoms with Gasteiger partial charge >= 0.3 is 0 Å². The van der Waals surface area contributed by atoms with E-state index in [0.717, 1.165) is 25.3 Å². The Hall–Kier alpha value is -2.37. The first-order valence-corrected chi connectivity index (χ1v) is 8.03. The molecule has 3 rings (SSSR count). The van der Waals surface area contributed by atoms with Gasteiger partial charge < -0.3 is 14.6 Å². The number of nitrogens with zero attached hydrogens (tertiary/aromatic N) is 3. The molecule has 0 aliphatic carbocycles. The Morgan fingerprint density at radius 3 is 3.09 bits per heavy atom. The topological polar surface area (TPSA) is 71.3 Å². The summed E-state index contributed by atoms with van der Waals surface area (Å²) >= 11 is 0. The maximum absolute atomic E-state index is 12.3. The molecular formula is C17H22N4O2. The van der Waals surface area contributed by atoms with E-state index in [1.54, 1.807) is 18.4 Å². The number of rotatable bonds is 4. The third-order valence-corrected chi connectivity index (χ3v) is 4.04. The molecule has 1 aliphatic heterocycles. The highest BCUT2D eigenvalue weighted by Crippen LogP contribution is 2.21. The molecule has 0 bridgehead atoms. The molecule has 3 heterocycles. The predicted octanol–water partition coefficient (Wildman–Crippen LogP) is 2.54. The molecule has 1 aliphatic rings. The van der Waals surface area contributed by atoms with Gasteiger partial charge in [-0.2, -0.15) is 0 Å². The van der Waals surface area contributed by atoms with Crippen molar-refractivity contribution in [3.05, 3.63) is 41.7 Å². The van der Waals surface area contributed by atoms with E-state index >= 15 is 0 Å². The molecule has 122 valence electrons. The fourth-order valence-electron chi connectivity index (χ4n) is 2.90. The zero-order valence-electron chi connectivity index (χ0n) is 13.6. The zero-order chi connectivity index (χ0) is 16.2. The number of hydrogen-bond donors (Lipinski definition) is 1. The van der Waals surface area contributed by atoms with Crippen LogP contribution in [0.2, 0.25) is 0 Å². The van der Waals surface area contributed by atoms with E-state index in [4.69, 9.17) is 4.42 Å². The van der Waals surface area contributed by atoms with Crippen LogP contribution in [0.25, 0.3) is 0 Å². The van der Waals surface area contributed by atoms with Crippen molar-refractivity contribution >= 4 is 11.7 Å². The molecule has 1 N–H and O–H groups in total. The van der Waals surface area contributed by atoms with Crippen LogP contribution >= 0.6 is 0 Å². The molecule has 0 aromatic carbocycles. The van der Waals surface area contributed by atoms with Crippen LogP contribution < -0.4 is 10.2 Å². The lowest BCUT2D eigenvalue weighted by Gasteiger charge is -2.32. The number of hydrogen-bond acceptors (Lipinski definition) is 5. The van der Waals surface area contributed by atoms with Gasteiger partial charge in [-0.3, -0.25) is 4.79 Å². The molecule has 1 atom stereocenters. The van der Waals surface area contributed by atoms with Crippen molar-refractivity contribution in [1.29, 1.82) is 0 Å². The first-order chi connectivity index (χ1) is 11.1. The number of amides is 1. The van der Waals surface area contributed by atoms with Gasteiger partial charge in [0.15, 0.2) is 0 Å². The van der Waals surface area contributed by atoms with Crippen molar-refractivity contribution < 1.29 is 9.21 Å². The number of anilines is 1. The summed E-state index contributed by atoms with van der Waals surface area (Å²) in [6.07, 6.45) is 3.99. The van der Waals surface area contributed by atoms with E-state index in [1.165, 1.54) is 6.42 Å². The normalized spacial score (nSPS) is 18.0. The van der Waals surface area contributed by atoms with Crippen LogP contribution in [-0.4, -0.2) is 29.0 Å². The SMILES string of the molecule is Cc1nc(C(=O)NCc2ccco2)cc(N2CCCC(C)C2)n1. The summed E-state index contributed by atoms with van der Waals surface area (Å²) in [6, 6.07) is 5.40. The summed E-state index contributed by atoms with van der Waals surface area (Å²) in [5.41, 5.74) is 0.400. The van der Waals surface area contributed by atoms with Crippen molar-refractivity contribution in [1.82, 2.24) is 15.3 Å². The minimum atomic E-state index is -0.210. The van der Waals surface area contributed by atoms with Gasteiger partial charge in [0, 0.05) is 19.2 Å². The van der Waals surface area contributed by atoms with Gasteiger partial charge in [0.2, 0.25) is 0 Å². The maximum Gasteiger partial charge on any atom is 0.270 e. The standard InChI is InChI=1S/C17H22N4O2/c1-12-5-3-7-21(11-12)16-9-15(19-13(2)20-16)17(22)18-10-14-6-4-8-23-14/h4,6,8-9,12H,3,5,7,10-11H2,1-2H3,(H,18,22). The molecule has 6 heteroatoms. The van der Waals surface area contributed by atoms with Crippen molar-refractivity contribution in [2.24, 2.45) is 5.92 Å². The Morgan fingerprint density at radius 2 is 2.35 bits per heavy atom. The number of carbonyl (C=O) groups is 1. The number of carbonyl (C=O) groups excluding carboxylic acids is 1. The Morgan fingerprint density at radius 1 is 1.48 bits per heavy atom. The molecule has 6 nitrogen and oxygen atoms in total. The summed E-state index contributed by atoms with van der Waals surface area (Å²) in [5, 5.41) is 2.83. The average molecular weight is 314 g/mol. The van der Waals surface area contributed by atoms with Crippen LogP contribution in [0, 0.1) is 12.8 Å². The van der Waals surface area contributed by atoms with Crippen molar-refractivity contribution in [2.75, 3.05) is 18.0 Å². The zero-order valence-corrected chi connectivity index (χ0v) is 13.6. The third kappa shape index (κ3) is 3.88. The lowest BCUT2D eigenvalue weighted by Crippen LogP contribution is -2.35. The van der Waals surface area contributed by atoms with Crippen LogP contribution in [0.3, 0.4) is 0 Å². The molecule has 2 aromatic heterocycles. The van der Waals surface area contributed by atoms with Gasteiger partial charge in [-0.15, -0.1) is 0 Å². The van der Waals surface area contributed by atoms with Gasteiger partial charge in [0.1, 0.15) is 23.1 Å². The fourth-order valence-corrected chi connectivity index (χ4v) is 2.90. The first-order valence-electron chi connectivity index (χ1n) is 8.03. The molecule has 23 heavy (non-hydrogen) atoms. The van der Waals surface area contributed by atoms with Crippen LogP contribution in [0.5, 0.6) is 0 Å². The first kappa shape index (κ1) is 15.5. The number of nitrogens with one attached hydrogen (secondary N) is 1. The van der Waals surface area contributed by atoms with E-state index in [0.29, 0.717) is 29.7 Å². The molecule has 1 amide bonds.